The van der Waals surface area contributed by atoms with Crippen LogP contribution in [0.3, 0.4) is 0 Å². The highest BCUT2D eigenvalue weighted by molar-refractivity contribution is 6.34. The highest BCUT2D eigenvalue weighted by Crippen LogP contribution is 2.41. The third-order valence-electron chi connectivity index (χ3n) is 7.18. The Morgan fingerprint density at radius 3 is 2.40 bits per heavy atom. The van der Waals surface area contributed by atoms with Crippen molar-refractivity contribution in [1.82, 2.24) is 9.80 Å². The first-order valence-electron chi connectivity index (χ1n) is 13.0. The molecule has 0 bridgehead atoms. The van der Waals surface area contributed by atoms with Crippen LogP contribution in [0.1, 0.15) is 43.6 Å². The van der Waals surface area contributed by atoms with Gasteiger partial charge in [-0.25, -0.2) is 8.78 Å². The standard InChI is InChI=1S/C31H28ClF2N3O5/c1-4-26(39)36-11-12-37(17(2)16-36)31(41)21-14-22(32)27(28-23(33)9-6-10-25(28)42-3)29(34)20(21)15-24(38)18-7-5-8-19(13-18)30(35)40/h4-10,13-14,17H,1,11-12,15-16H2,2-3H3,(H2,35,40)/t17-/m0/s1. The lowest BCUT2D eigenvalue weighted by Gasteiger charge is -2.39. The number of ketones is 1. The van der Waals surface area contributed by atoms with Gasteiger partial charge >= 0.3 is 0 Å². The molecule has 3 aromatic rings. The predicted octanol–water partition coefficient (Wildman–Crippen LogP) is 4.68. The molecular formula is C31H28ClF2N3O5. The van der Waals surface area contributed by atoms with Gasteiger partial charge in [-0.3, -0.25) is 19.2 Å². The van der Waals surface area contributed by atoms with Gasteiger partial charge in [-0.05, 0) is 43.3 Å². The molecule has 3 amide bonds. The van der Waals surface area contributed by atoms with Crippen molar-refractivity contribution in [2.75, 3.05) is 26.7 Å². The molecule has 1 aliphatic rings. The van der Waals surface area contributed by atoms with E-state index < -0.39 is 41.7 Å². The van der Waals surface area contributed by atoms with Crippen LogP contribution >= 0.6 is 11.6 Å². The van der Waals surface area contributed by atoms with E-state index in [2.05, 4.69) is 6.58 Å². The second-order valence-corrected chi connectivity index (χ2v) is 10.2. The first kappa shape index (κ1) is 30.4. The number of nitrogens with zero attached hydrogens (tertiary/aromatic N) is 2. The SMILES string of the molecule is C=CC(=O)N1CCN(C(=O)c2cc(Cl)c(-c3c(F)cccc3OC)c(F)c2CC(=O)c2cccc(C(N)=O)c2)[C@@H](C)C1. The number of primary amides is 1. The van der Waals surface area contributed by atoms with Crippen molar-refractivity contribution in [3.8, 4) is 16.9 Å². The first-order valence-corrected chi connectivity index (χ1v) is 13.3. The Bertz CT molecular complexity index is 1610. The third-order valence-corrected chi connectivity index (χ3v) is 7.47. The van der Waals surface area contributed by atoms with Crippen molar-refractivity contribution in [3.63, 3.8) is 0 Å². The molecule has 0 saturated carbocycles. The van der Waals surface area contributed by atoms with Gasteiger partial charge in [0.25, 0.3) is 5.91 Å². The number of amides is 3. The predicted molar refractivity (Wildman–Crippen MR) is 154 cm³/mol. The normalized spacial score (nSPS) is 14.8. The number of benzene rings is 3. The number of rotatable bonds is 8. The van der Waals surface area contributed by atoms with E-state index in [1.54, 1.807) is 11.8 Å². The molecule has 42 heavy (non-hydrogen) atoms. The maximum Gasteiger partial charge on any atom is 0.254 e. The van der Waals surface area contributed by atoms with Crippen molar-refractivity contribution in [2.24, 2.45) is 5.73 Å². The van der Waals surface area contributed by atoms with Gasteiger partial charge in [0.15, 0.2) is 5.78 Å². The molecule has 1 fully saturated rings. The van der Waals surface area contributed by atoms with E-state index in [1.807, 2.05) is 0 Å². The summed E-state index contributed by atoms with van der Waals surface area (Å²) in [4.78, 5) is 54.1. The Labute approximate surface area is 246 Å². The van der Waals surface area contributed by atoms with E-state index in [0.717, 1.165) is 6.07 Å². The molecule has 0 aromatic heterocycles. The van der Waals surface area contributed by atoms with Gasteiger partial charge in [0.05, 0.1) is 17.7 Å². The number of carbonyl (C=O) groups is 4. The zero-order valence-electron chi connectivity index (χ0n) is 23.0. The van der Waals surface area contributed by atoms with Gasteiger partial charge < -0.3 is 20.3 Å². The molecule has 3 aromatic carbocycles. The lowest BCUT2D eigenvalue weighted by atomic mass is 9.91. The lowest BCUT2D eigenvalue weighted by molar-refractivity contribution is -0.128. The number of piperazine rings is 1. The summed E-state index contributed by atoms with van der Waals surface area (Å²) in [6.07, 6.45) is 0.575. The fourth-order valence-electron chi connectivity index (χ4n) is 5.02. The average molecular weight is 596 g/mol. The van der Waals surface area contributed by atoms with Gasteiger partial charge in [-0.15, -0.1) is 0 Å². The van der Waals surface area contributed by atoms with Gasteiger partial charge in [0.2, 0.25) is 11.8 Å². The molecule has 2 N–H and O–H groups in total. The molecule has 1 atom stereocenters. The van der Waals surface area contributed by atoms with E-state index in [9.17, 15) is 19.2 Å². The van der Waals surface area contributed by atoms with Crippen LogP contribution in [0.4, 0.5) is 8.78 Å². The molecular weight excluding hydrogens is 568 g/mol. The fraction of sp³-hybridized carbons (Fsp3) is 0.226. The van der Waals surface area contributed by atoms with Crippen LogP contribution in [0.5, 0.6) is 5.75 Å². The summed E-state index contributed by atoms with van der Waals surface area (Å²) in [7, 11) is 1.29. The van der Waals surface area contributed by atoms with E-state index in [1.165, 1.54) is 60.6 Å². The molecule has 0 aliphatic carbocycles. The van der Waals surface area contributed by atoms with Crippen LogP contribution in [0.15, 0.2) is 61.2 Å². The summed E-state index contributed by atoms with van der Waals surface area (Å²) in [5.74, 6) is -4.16. The van der Waals surface area contributed by atoms with Crippen LogP contribution in [0.2, 0.25) is 5.02 Å². The second-order valence-electron chi connectivity index (χ2n) is 9.77. The zero-order valence-corrected chi connectivity index (χ0v) is 23.7. The second kappa shape index (κ2) is 12.5. The maximum atomic E-state index is 16.5. The number of carbonyl (C=O) groups excluding carboxylic acids is 4. The van der Waals surface area contributed by atoms with Crippen molar-refractivity contribution >= 4 is 35.1 Å². The number of halogens is 3. The summed E-state index contributed by atoms with van der Waals surface area (Å²) >= 11 is 6.52. The van der Waals surface area contributed by atoms with Crippen LogP contribution in [-0.4, -0.2) is 66.1 Å². The van der Waals surface area contributed by atoms with E-state index in [4.69, 9.17) is 22.1 Å². The van der Waals surface area contributed by atoms with Crippen LogP contribution in [0, 0.1) is 11.6 Å². The van der Waals surface area contributed by atoms with E-state index in [0.29, 0.717) is 0 Å². The summed E-state index contributed by atoms with van der Waals surface area (Å²) in [5, 5.41) is -0.265. The Morgan fingerprint density at radius 1 is 1.07 bits per heavy atom. The quantitative estimate of drug-likeness (QED) is 0.300. The molecule has 1 saturated heterocycles. The molecule has 0 radical (unpaired) electrons. The third kappa shape index (κ3) is 5.89. The number of Topliss-reactive ketones (excluding diaryl/α,β-unsaturated/α-hetero) is 1. The van der Waals surface area contributed by atoms with Crippen molar-refractivity contribution in [2.45, 2.75) is 19.4 Å². The summed E-state index contributed by atoms with van der Waals surface area (Å²) < 4.78 is 36.8. The summed E-state index contributed by atoms with van der Waals surface area (Å²) in [5.41, 5.74) is 4.35. The monoisotopic (exact) mass is 595 g/mol. The van der Waals surface area contributed by atoms with Crippen LogP contribution in [0.25, 0.3) is 11.1 Å². The lowest BCUT2D eigenvalue weighted by Crippen LogP contribution is -2.55. The van der Waals surface area contributed by atoms with Crippen molar-refractivity contribution in [3.05, 3.63) is 100 Å². The molecule has 218 valence electrons. The largest absolute Gasteiger partial charge is 0.496 e. The minimum atomic E-state index is -1.07. The summed E-state index contributed by atoms with van der Waals surface area (Å²) in [6, 6.07) is 10.3. The first-order chi connectivity index (χ1) is 20.0. The van der Waals surface area contributed by atoms with Crippen LogP contribution in [-0.2, 0) is 11.2 Å². The van der Waals surface area contributed by atoms with Crippen molar-refractivity contribution < 1.29 is 32.7 Å². The number of hydrogen-bond acceptors (Lipinski definition) is 5. The van der Waals surface area contributed by atoms with Crippen molar-refractivity contribution in [1.29, 1.82) is 0 Å². The minimum absolute atomic E-state index is 0.00191. The Balaban J connectivity index is 1.85. The van der Waals surface area contributed by atoms with Crippen LogP contribution < -0.4 is 10.5 Å². The Hall–Kier alpha value is -4.57. The molecule has 0 spiro atoms. The average Bonchev–Trinajstić information content (AvgIpc) is 2.98. The minimum Gasteiger partial charge on any atom is -0.496 e. The zero-order chi connectivity index (χ0) is 30.7. The van der Waals surface area contributed by atoms with Gasteiger partial charge in [0, 0.05) is 59.9 Å². The molecule has 1 aliphatic heterocycles. The highest BCUT2D eigenvalue weighted by atomic mass is 35.5. The Kier molecular flexibility index (Phi) is 9.06. The number of ether oxygens (including phenoxy) is 1. The number of hydrogen-bond donors (Lipinski definition) is 1. The topological polar surface area (TPSA) is 110 Å². The molecule has 1 heterocycles. The molecule has 11 heteroatoms. The number of methoxy groups -OCH3 is 1. The smallest absolute Gasteiger partial charge is 0.254 e. The molecule has 8 nitrogen and oxygen atoms in total. The highest BCUT2D eigenvalue weighted by Gasteiger charge is 2.34. The van der Waals surface area contributed by atoms with Gasteiger partial charge in [-0.1, -0.05) is 36.4 Å². The van der Waals surface area contributed by atoms with E-state index in [-0.39, 0.29) is 69.7 Å². The Morgan fingerprint density at radius 2 is 1.76 bits per heavy atom. The van der Waals surface area contributed by atoms with Gasteiger partial charge in [-0.2, -0.15) is 0 Å². The fourth-order valence-corrected chi connectivity index (χ4v) is 5.31. The summed E-state index contributed by atoms with van der Waals surface area (Å²) in [6.45, 7) is 5.79. The maximum absolute atomic E-state index is 16.5. The van der Waals surface area contributed by atoms with E-state index >= 15 is 8.78 Å². The molecule has 0 unspecified atom stereocenters. The molecule has 4 rings (SSSR count). The van der Waals surface area contributed by atoms with Gasteiger partial charge in [0.1, 0.15) is 17.4 Å². The number of nitrogens with two attached hydrogens (primary N) is 1.